The number of nitro benzene ring substituents is 1. The third-order valence-corrected chi connectivity index (χ3v) is 4.03. The van der Waals surface area contributed by atoms with Crippen molar-refractivity contribution < 1.29 is 4.92 Å². The largest absolute Gasteiger partial charge is 0.277 e. The molecule has 2 aromatic rings. The highest BCUT2D eigenvalue weighted by molar-refractivity contribution is 9.10. The van der Waals surface area contributed by atoms with E-state index in [9.17, 15) is 10.1 Å². The second-order valence-electron chi connectivity index (χ2n) is 4.68. The summed E-state index contributed by atoms with van der Waals surface area (Å²) in [5.41, 5.74) is 2.91. The van der Waals surface area contributed by atoms with Crippen LogP contribution in [0.25, 0.3) is 11.1 Å². The Morgan fingerprint density at radius 2 is 1.95 bits per heavy atom. The van der Waals surface area contributed by atoms with Gasteiger partial charge in [-0.1, -0.05) is 47.5 Å². The number of halogens is 1. The summed E-state index contributed by atoms with van der Waals surface area (Å²) in [4.78, 5) is 10.8. The predicted octanol–water partition coefficient (Wildman–Crippen LogP) is 5.37. The van der Waals surface area contributed by atoms with Gasteiger partial charge in [-0.2, -0.15) is 0 Å². The quantitative estimate of drug-likeness (QED) is 0.545. The number of hydrogen-bond acceptors (Lipinski definition) is 2. The lowest BCUT2D eigenvalue weighted by Gasteiger charge is -2.08. The first-order valence-electron chi connectivity index (χ1n) is 6.65. The molecule has 0 N–H and O–H groups in total. The third-order valence-electron chi connectivity index (χ3n) is 3.26. The number of aryl methyl sites for hydroxylation is 1. The van der Waals surface area contributed by atoms with E-state index in [4.69, 9.17) is 0 Å². The van der Waals surface area contributed by atoms with Gasteiger partial charge in [0.2, 0.25) is 0 Å². The summed E-state index contributed by atoms with van der Waals surface area (Å²) < 4.78 is 1.06. The van der Waals surface area contributed by atoms with Crippen LogP contribution >= 0.6 is 15.9 Å². The molecule has 4 heteroatoms. The van der Waals surface area contributed by atoms with Crippen LogP contribution in [-0.2, 0) is 6.42 Å². The van der Waals surface area contributed by atoms with Crippen LogP contribution in [-0.4, -0.2) is 4.92 Å². The number of unbranched alkanes of at least 4 members (excludes halogenated alkanes) is 1. The second kappa shape index (κ2) is 6.66. The summed E-state index contributed by atoms with van der Waals surface area (Å²) in [6, 6.07) is 12.8. The Morgan fingerprint density at radius 1 is 1.20 bits per heavy atom. The first-order chi connectivity index (χ1) is 9.63. The Kier molecular flexibility index (Phi) is 4.90. The summed E-state index contributed by atoms with van der Waals surface area (Å²) in [6.07, 6.45) is 3.21. The zero-order chi connectivity index (χ0) is 14.5. The van der Waals surface area contributed by atoms with E-state index in [2.05, 4.69) is 22.9 Å². The molecule has 0 radical (unpaired) electrons. The van der Waals surface area contributed by atoms with Crippen LogP contribution in [0, 0.1) is 10.1 Å². The highest BCUT2D eigenvalue weighted by atomic mass is 79.9. The fourth-order valence-electron chi connectivity index (χ4n) is 2.18. The molecule has 0 saturated carbocycles. The molecular formula is C16H16BrNO2. The SMILES string of the molecule is CCCCc1cc(-c2ccccc2[N+](=O)[O-])ccc1Br. The van der Waals surface area contributed by atoms with Crippen LogP contribution in [0.1, 0.15) is 25.3 Å². The number of nitro groups is 1. The average Bonchev–Trinajstić information content (AvgIpc) is 2.46. The summed E-state index contributed by atoms with van der Waals surface area (Å²) in [5.74, 6) is 0. The van der Waals surface area contributed by atoms with E-state index in [1.54, 1.807) is 18.2 Å². The van der Waals surface area contributed by atoms with E-state index in [0.29, 0.717) is 5.56 Å². The molecule has 0 heterocycles. The monoisotopic (exact) mass is 333 g/mol. The van der Waals surface area contributed by atoms with E-state index in [1.807, 2.05) is 24.3 Å². The molecule has 0 aliphatic heterocycles. The Hall–Kier alpha value is -1.68. The molecule has 104 valence electrons. The minimum absolute atomic E-state index is 0.149. The van der Waals surface area contributed by atoms with Gasteiger partial charge in [-0.15, -0.1) is 0 Å². The van der Waals surface area contributed by atoms with Crippen LogP contribution < -0.4 is 0 Å². The molecule has 0 aliphatic carbocycles. The van der Waals surface area contributed by atoms with Crippen molar-refractivity contribution in [1.29, 1.82) is 0 Å². The molecule has 0 fully saturated rings. The van der Waals surface area contributed by atoms with Gasteiger partial charge in [0.05, 0.1) is 10.5 Å². The van der Waals surface area contributed by atoms with Crippen molar-refractivity contribution in [2.75, 3.05) is 0 Å². The van der Waals surface area contributed by atoms with Crippen molar-refractivity contribution in [1.82, 2.24) is 0 Å². The standard InChI is InChI=1S/C16H16BrNO2/c1-2-3-6-13-11-12(9-10-15(13)17)14-7-4-5-8-16(14)18(19)20/h4-5,7-11H,2-3,6H2,1H3. The van der Waals surface area contributed by atoms with Crippen molar-refractivity contribution in [2.45, 2.75) is 26.2 Å². The van der Waals surface area contributed by atoms with Crippen molar-refractivity contribution in [2.24, 2.45) is 0 Å². The van der Waals surface area contributed by atoms with Gasteiger partial charge in [0.25, 0.3) is 5.69 Å². The number of hydrogen-bond donors (Lipinski definition) is 0. The fourth-order valence-corrected chi connectivity index (χ4v) is 2.62. The van der Waals surface area contributed by atoms with E-state index in [1.165, 1.54) is 5.56 Å². The van der Waals surface area contributed by atoms with E-state index in [-0.39, 0.29) is 10.6 Å². The summed E-state index contributed by atoms with van der Waals surface area (Å²) >= 11 is 3.55. The molecule has 0 bridgehead atoms. The van der Waals surface area contributed by atoms with Gasteiger partial charge >= 0.3 is 0 Å². The molecule has 0 unspecified atom stereocenters. The fraction of sp³-hybridized carbons (Fsp3) is 0.250. The lowest BCUT2D eigenvalue weighted by Crippen LogP contribution is -1.93. The number of nitrogens with zero attached hydrogens (tertiary/aromatic N) is 1. The lowest BCUT2D eigenvalue weighted by atomic mass is 9.99. The molecule has 20 heavy (non-hydrogen) atoms. The maximum Gasteiger partial charge on any atom is 0.277 e. The molecular weight excluding hydrogens is 318 g/mol. The third kappa shape index (κ3) is 3.25. The first kappa shape index (κ1) is 14.7. The lowest BCUT2D eigenvalue weighted by molar-refractivity contribution is -0.384. The highest BCUT2D eigenvalue weighted by Gasteiger charge is 2.14. The van der Waals surface area contributed by atoms with Crippen molar-refractivity contribution >= 4 is 21.6 Å². The first-order valence-corrected chi connectivity index (χ1v) is 7.45. The molecule has 0 amide bonds. The Bertz CT molecular complexity index is 626. The van der Waals surface area contributed by atoms with Crippen molar-refractivity contribution in [3.05, 3.63) is 62.6 Å². The van der Waals surface area contributed by atoms with Gasteiger partial charge in [-0.3, -0.25) is 10.1 Å². The Morgan fingerprint density at radius 3 is 2.65 bits per heavy atom. The van der Waals surface area contributed by atoms with Gasteiger partial charge in [0.1, 0.15) is 0 Å². The van der Waals surface area contributed by atoms with E-state index < -0.39 is 0 Å². The maximum absolute atomic E-state index is 11.1. The van der Waals surface area contributed by atoms with Crippen LogP contribution in [0.5, 0.6) is 0 Å². The Balaban J connectivity index is 2.45. The smallest absolute Gasteiger partial charge is 0.258 e. The van der Waals surface area contributed by atoms with Crippen molar-refractivity contribution in [3.8, 4) is 11.1 Å². The zero-order valence-corrected chi connectivity index (χ0v) is 12.9. The minimum Gasteiger partial charge on any atom is -0.258 e. The second-order valence-corrected chi connectivity index (χ2v) is 5.54. The van der Waals surface area contributed by atoms with Crippen LogP contribution in [0.4, 0.5) is 5.69 Å². The van der Waals surface area contributed by atoms with Crippen LogP contribution in [0.2, 0.25) is 0 Å². The molecule has 0 spiro atoms. The van der Waals surface area contributed by atoms with Gasteiger partial charge in [0.15, 0.2) is 0 Å². The normalized spacial score (nSPS) is 10.5. The minimum atomic E-state index is -0.330. The van der Waals surface area contributed by atoms with E-state index >= 15 is 0 Å². The highest BCUT2D eigenvalue weighted by Crippen LogP contribution is 2.32. The molecule has 0 aliphatic rings. The number of benzene rings is 2. The average molecular weight is 334 g/mol. The van der Waals surface area contributed by atoms with E-state index in [0.717, 1.165) is 29.3 Å². The number of para-hydroxylation sites is 1. The molecule has 2 aromatic carbocycles. The van der Waals surface area contributed by atoms with Gasteiger partial charge in [-0.25, -0.2) is 0 Å². The van der Waals surface area contributed by atoms with Crippen LogP contribution in [0.3, 0.4) is 0 Å². The molecule has 0 aromatic heterocycles. The topological polar surface area (TPSA) is 43.1 Å². The van der Waals surface area contributed by atoms with Gasteiger partial charge in [-0.05, 0) is 42.2 Å². The molecule has 0 saturated heterocycles. The maximum atomic E-state index is 11.1. The Labute approximate surface area is 126 Å². The van der Waals surface area contributed by atoms with Gasteiger partial charge < -0.3 is 0 Å². The molecule has 2 rings (SSSR count). The zero-order valence-electron chi connectivity index (χ0n) is 11.3. The van der Waals surface area contributed by atoms with Crippen molar-refractivity contribution in [3.63, 3.8) is 0 Å². The molecule has 3 nitrogen and oxygen atoms in total. The molecule has 0 atom stereocenters. The summed E-state index contributed by atoms with van der Waals surface area (Å²) in [7, 11) is 0. The van der Waals surface area contributed by atoms with Crippen LogP contribution in [0.15, 0.2) is 46.9 Å². The predicted molar refractivity (Wildman–Crippen MR) is 84.8 cm³/mol. The summed E-state index contributed by atoms with van der Waals surface area (Å²) in [5, 5.41) is 11.1. The van der Waals surface area contributed by atoms with Gasteiger partial charge in [0, 0.05) is 10.5 Å². The number of rotatable bonds is 5. The summed E-state index contributed by atoms with van der Waals surface area (Å²) in [6.45, 7) is 2.15.